The van der Waals surface area contributed by atoms with Crippen LogP contribution >= 0.6 is 0 Å². The number of aromatic hydroxyl groups is 1. The second kappa shape index (κ2) is 15.3. The number of carbonyl (C=O) groups excluding carboxylic acids is 3. The molecule has 2 rings (SSSR count). The van der Waals surface area contributed by atoms with Crippen LogP contribution < -0.4 is 27.4 Å². The van der Waals surface area contributed by atoms with Crippen molar-refractivity contribution in [3.05, 3.63) is 65.7 Å². The molecule has 2 aromatic rings. The number of carboxylic acids is 1. The molecule has 206 valence electrons. The average Bonchev–Trinajstić information content (AvgIpc) is 2.89. The molecule has 11 heteroatoms. The number of phenols is 1. The molecule has 0 radical (unpaired) electrons. The van der Waals surface area contributed by atoms with Gasteiger partial charge in [-0.3, -0.25) is 14.4 Å². The van der Waals surface area contributed by atoms with Crippen LogP contribution in [-0.4, -0.2) is 64.6 Å². The quantitative estimate of drug-likeness (QED) is 0.159. The number of phenolic OH excluding ortho intramolecular Hbond substituents is 1. The SMILES string of the molecule is CC(NC(=O)C(N)CCCCN)C(=O)NC(Cc1ccccc1)C(=O)NC(Cc1ccc(O)cc1)C(=O)O. The third-order valence-electron chi connectivity index (χ3n) is 5.96. The van der Waals surface area contributed by atoms with Gasteiger partial charge in [-0.25, -0.2) is 4.79 Å². The summed E-state index contributed by atoms with van der Waals surface area (Å²) in [6, 6.07) is 10.8. The fourth-order valence-electron chi connectivity index (χ4n) is 3.72. The van der Waals surface area contributed by atoms with E-state index in [1.54, 1.807) is 36.4 Å². The molecule has 0 bridgehead atoms. The van der Waals surface area contributed by atoms with Gasteiger partial charge in [-0.05, 0) is 49.6 Å². The highest BCUT2D eigenvalue weighted by Crippen LogP contribution is 2.12. The normalized spacial score (nSPS) is 14.0. The topological polar surface area (TPSA) is 197 Å². The summed E-state index contributed by atoms with van der Waals surface area (Å²) in [5.41, 5.74) is 12.7. The van der Waals surface area contributed by atoms with E-state index < -0.39 is 47.9 Å². The largest absolute Gasteiger partial charge is 0.508 e. The van der Waals surface area contributed by atoms with E-state index in [0.717, 1.165) is 12.0 Å². The van der Waals surface area contributed by atoms with Crippen molar-refractivity contribution in [1.82, 2.24) is 16.0 Å². The van der Waals surface area contributed by atoms with Gasteiger partial charge in [0.15, 0.2) is 0 Å². The first-order valence-corrected chi connectivity index (χ1v) is 12.5. The zero-order chi connectivity index (χ0) is 28.1. The summed E-state index contributed by atoms with van der Waals surface area (Å²) >= 11 is 0. The molecule has 0 saturated heterocycles. The second-order valence-electron chi connectivity index (χ2n) is 9.14. The van der Waals surface area contributed by atoms with Gasteiger partial charge in [-0.2, -0.15) is 0 Å². The second-order valence-corrected chi connectivity index (χ2v) is 9.14. The van der Waals surface area contributed by atoms with Crippen molar-refractivity contribution in [2.24, 2.45) is 11.5 Å². The molecule has 2 aromatic carbocycles. The smallest absolute Gasteiger partial charge is 0.326 e. The van der Waals surface area contributed by atoms with Crippen LogP contribution in [-0.2, 0) is 32.0 Å². The van der Waals surface area contributed by atoms with E-state index in [4.69, 9.17) is 11.5 Å². The molecule has 0 aliphatic rings. The maximum Gasteiger partial charge on any atom is 0.326 e. The lowest BCUT2D eigenvalue weighted by atomic mass is 10.0. The first-order valence-electron chi connectivity index (χ1n) is 12.5. The summed E-state index contributed by atoms with van der Waals surface area (Å²) in [7, 11) is 0. The van der Waals surface area contributed by atoms with Gasteiger partial charge in [-0.15, -0.1) is 0 Å². The highest BCUT2D eigenvalue weighted by Gasteiger charge is 2.29. The summed E-state index contributed by atoms with van der Waals surface area (Å²) in [5.74, 6) is -3.01. The molecule has 0 aliphatic carbocycles. The van der Waals surface area contributed by atoms with Crippen molar-refractivity contribution in [2.75, 3.05) is 6.54 Å². The molecule has 0 aliphatic heterocycles. The third-order valence-corrected chi connectivity index (χ3v) is 5.96. The van der Waals surface area contributed by atoms with Crippen LogP contribution in [0.15, 0.2) is 54.6 Å². The van der Waals surface area contributed by atoms with Crippen LogP contribution in [0.1, 0.15) is 37.3 Å². The van der Waals surface area contributed by atoms with Gasteiger partial charge in [-0.1, -0.05) is 48.9 Å². The first-order chi connectivity index (χ1) is 18.1. The lowest BCUT2D eigenvalue weighted by Crippen LogP contribution is -2.57. The highest BCUT2D eigenvalue weighted by atomic mass is 16.4. The Hall–Kier alpha value is -3.96. The Labute approximate surface area is 222 Å². The number of amides is 3. The molecular formula is C27H37N5O6. The number of unbranched alkanes of at least 4 members (excludes halogenated alkanes) is 1. The Kier molecular flexibility index (Phi) is 12.2. The Morgan fingerprint density at radius 3 is 1.97 bits per heavy atom. The summed E-state index contributed by atoms with van der Waals surface area (Å²) in [5, 5.41) is 26.8. The fraction of sp³-hybridized carbons (Fsp3) is 0.407. The van der Waals surface area contributed by atoms with E-state index in [9.17, 15) is 29.4 Å². The van der Waals surface area contributed by atoms with E-state index >= 15 is 0 Å². The number of carboxylic acid groups (broad SMARTS) is 1. The monoisotopic (exact) mass is 527 g/mol. The zero-order valence-corrected chi connectivity index (χ0v) is 21.4. The van der Waals surface area contributed by atoms with E-state index in [2.05, 4.69) is 16.0 Å². The number of hydrogen-bond acceptors (Lipinski definition) is 7. The molecule has 38 heavy (non-hydrogen) atoms. The Morgan fingerprint density at radius 1 is 0.789 bits per heavy atom. The minimum atomic E-state index is -1.27. The summed E-state index contributed by atoms with van der Waals surface area (Å²) < 4.78 is 0. The third kappa shape index (κ3) is 10.2. The zero-order valence-electron chi connectivity index (χ0n) is 21.4. The highest BCUT2D eigenvalue weighted by molar-refractivity contribution is 5.94. The van der Waals surface area contributed by atoms with Crippen LogP contribution in [0.2, 0.25) is 0 Å². The molecule has 0 fully saturated rings. The van der Waals surface area contributed by atoms with Gasteiger partial charge >= 0.3 is 5.97 Å². The molecular weight excluding hydrogens is 490 g/mol. The van der Waals surface area contributed by atoms with Gasteiger partial charge in [0, 0.05) is 12.8 Å². The predicted octanol–water partition coefficient (Wildman–Crippen LogP) is 0.193. The van der Waals surface area contributed by atoms with Crippen LogP contribution in [0.5, 0.6) is 5.75 Å². The van der Waals surface area contributed by atoms with E-state index in [1.165, 1.54) is 19.1 Å². The van der Waals surface area contributed by atoms with Crippen LogP contribution in [0, 0.1) is 0 Å². The van der Waals surface area contributed by atoms with E-state index in [-0.39, 0.29) is 18.6 Å². The molecule has 9 N–H and O–H groups in total. The van der Waals surface area contributed by atoms with Crippen molar-refractivity contribution < 1.29 is 29.4 Å². The van der Waals surface area contributed by atoms with E-state index in [0.29, 0.717) is 24.9 Å². The van der Waals surface area contributed by atoms with Crippen LogP contribution in [0.3, 0.4) is 0 Å². The summed E-state index contributed by atoms with van der Waals surface area (Å²) in [6.45, 7) is 1.97. The number of rotatable bonds is 15. The Bertz CT molecular complexity index is 1060. The van der Waals surface area contributed by atoms with Crippen molar-refractivity contribution in [3.63, 3.8) is 0 Å². The van der Waals surface area contributed by atoms with Crippen molar-refractivity contribution >= 4 is 23.7 Å². The van der Waals surface area contributed by atoms with Gasteiger partial charge < -0.3 is 37.6 Å². The number of aliphatic carboxylic acids is 1. The molecule has 4 atom stereocenters. The molecule has 0 spiro atoms. The van der Waals surface area contributed by atoms with Crippen LogP contribution in [0.25, 0.3) is 0 Å². The van der Waals surface area contributed by atoms with Crippen LogP contribution in [0.4, 0.5) is 0 Å². The molecule has 0 aromatic heterocycles. The molecule has 4 unspecified atom stereocenters. The lowest BCUT2D eigenvalue weighted by molar-refractivity contribution is -0.142. The number of benzene rings is 2. The van der Waals surface area contributed by atoms with Gasteiger partial charge in [0.25, 0.3) is 0 Å². The Morgan fingerprint density at radius 2 is 1.37 bits per heavy atom. The number of nitrogens with one attached hydrogen (secondary N) is 3. The number of carbonyl (C=O) groups is 4. The van der Waals surface area contributed by atoms with E-state index in [1.807, 2.05) is 6.07 Å². The number of hydrogen-bond donors (Lipinski definition) is 7. The molecule has 0 saturated carbocycles. The number of nitrogens with two attached hydrogens (primary N) is 2. The average molecular weight is 528 g/mol. The van der Waals surface area contributed by atoms with Crippen molar-refractivity contribution in [2.45, 2.75) is 63.2 Å². The minimum absolute atomic E-state index is 0.0259. The fourth-order valence-corrected chi connectivity index (χ4v) is 3.72. The van der Waals surface area contributed by atoms with Crippen molar-refractivity contribution in [1.29, 1.82) is 0 Å². The predicted molar refractivity (Wildman–Crippen MR) is 142 cm³/mol. The molecule has 0 heterocycles. The Balaban J connectivity index is 2.10. The maximum absolute atomic E-state index is 13.2. The minimum Gasteiger partial charge on any atom is -0.508 e. The summed E-state index contributed by atoms with van der Waals surface area (Å²) in [4.78, 5) is 50.4. The maximum atomic E-state index is 13.2. The van der Waals surface area contributed by atoms with Crippen molar-refractivity contribution in [3.8, 4) is 5.75 Å². The molecule has 3 amide bonds. The first kappa shape index (κ1) is 30.3. The molecule has 11 nitrogen and oxygen atoms in total. The van der Waals surface area contributed by atoms with Gasteiger partial charge in [0.05, 0.1) is 6.04 Å². The lowest BCUT2D eigenvalue weighted by Gasteiger charge is -2.24. The summed E-state index contributed by atoms with van der Waals surface area (Å²) in [6.07, 6.45) is 1.91. The standard InChI is InChI=1S/C27H37N5O6/c1-17(30-25(35)21(29)9-5-6-14-28)24(34)31-22(15-18-7-3-2-4-8-18)26(36)32-23(27(37)38)16-19-10-12-20(33)13-11-19/h2-4,7-8,10-13,17,21-23,33H,5-6,9,14-16,28-29H2,1H3,(H,30,35)(H,31,34)(H,32,36)(H,37,38). The van der Waals surface area contributed by atoms with Gasteiger partial charge in [0.2, 0.25) is 17.7 Å². The van der Waals surface area contributed by atoms with Gasteiger partial charge in [0.1, 0.15) is 23.9 Å².